The van der Waals surface area contributed by atoms with Crippen LogP contribution in [0.4, 0.5) is 11.4 Å². The van der Waals surface area contributed by atoms with E-state index in [-0.39, 0.29) is 11.8 Å². The minimum atomic E-state index is -0.283. The number of nitrogens with zero attached hydrogens (tertiary/aromatic N) is 2. The van der Waals surface area contributed by atoms with Crippen LogP contribution in [0.5, 0.6) is 0 Å². The number of nitrogens with one attached hydrogen (secondary N) is 1. The number of halogens is 1. The van der Waals surface area contributed by atoms with Crippen LogP contribution in [0, 0.1) is 0 Å². The second-order valence-corrected chi connectivity index (χ2v) is 9.18. The Kier molecular flexibility index (Phi) is 8.88. The smallest absolute Gasteiger partial charge is 0.257 e. The normalized spacial score (nSPS) is 10.7. The first-order chi connectivity index (χ1) is 15.9. The van der Waals surface area contributed by atoms with Gasteiger partial charge in [0.1, 0.15) is 0 Å². The highest BCUT2D eigenvalue weighted by atomic mass is 35.5. The molecule has 0 fully saturated rings. The summed E-state index contributed by atoms with van der Waals surface area (Å²) >= 11 is 7.74. The van der Waals surface area contributed by atoms with Crippen LogP contribution in [0.25, 0.3) is 0 Å². The monoisotopic (exact) mass is 485 g/mol. The van der Waals surface area contributed by atoms with E-state index in [0.717, 1.165) is 16.1 Å². The highest BCUT2D eigenvalue weighted by Gasteiger charge is 2.18. The zero-order valence-electron chi connectivity index (χ0n) is 19.0. The SMILES string of the molecule is COCCN(Cc1cc(NC(=O)c2ccccc2Cl)ccc1N(C)C)C(=O)Cc1cccs1. The van der Waals surface area contributed by atoms with Gasteiger partial charge in [-0.25, -0.2) is 0 Å². The predicted octanol–water partition coefficient (Wildman–Crippen LogP) is 4.94. The summed E-state index contributed by atoms with van der Waals surface area (Å²) in [6.07, 6.45) is 0.349. The Morgan fingerprint density at radius 3 is 2.55 bits per heavy atom. The first-order valence-electron chi connectivity index (χ1n) is 10.5. The molecule has 1 heterocycles. The maximum Gasteiger partial charge on any atom is 0.257 e. The lowest BCUT2D eigenvalue weighted by molar-refractivity contribution is -0.131. The Labute approximate surface area is 203 Å². The largest absolute Gasteiger partial charge is 0.383 e. The van der Waals surface area contributed by atoms with E-state index in [2.05, 4.69) is 5.32 Å². The average molecular weight is 486 g/mol. The Hall–Kier alpha value is -2.87. The summed E-state index contributed by atoms with van der Waals surface area (Å²) in [5, 5.41) is 5.28. The van der Waals surface area contributed by atoms with E-state index >= 15 is 0 Å². The number of thiophene rings is 1. The molecule has 6 nitrogen and oxygen atoms in total. The molecular weight excluding hydrogens is 458 g/mol. The fourth-order valence-corrected chi connectivity index (χ4v) is 4.36. The van der Waals surface area contributed by atoms with Crippen molar-refractivity contribution in [2.24, 2.45) is 0 Å². The molecular formula is C25H28ClN3O3S. The molecule has 1 N–H and O–H groups in total. The fourth-order valence-electron chi connectivity index (χ4n) is 3.44. The van der Waals surface area contributed by atoms with Crippen LogP contribution < -0.4 is 10.2 Å². The quantitative estimate of drug-likeness (QED) is 0.442. The van der Waals surface area contributed by atoms with Gasteiger partial charge in [0.05, 0.1) is 23.6 Å². The molecule has 0 saturated heterocycles. The van der Waals surface area contributed by atoms with E-state index in [4.69, 9.17) is 16.3 Å². The van der Waals surface area contributed by atoms with Crippen molar-refractivity contribution in [1.82, 2.24) is 4.90 Å². The van der Waals surface area contributed by atoms with Gasteiger partial charge in [-0.05, 0) is 47.3 Å². The van der Waals surface area contributed by atoms with Crippen molar-refractivity contribution >= 4 is 46.1 Å². The summed E-state index contributed by atoms with van der Waals surface area (Å²) in [5.41, 5.74) is 2.94. The highest BCUT2D eigenvalue weighted by molar-refractivity contribution is 7.10. The standard InChI is InChI=1S/C25H28ClN3O3S/c1-28(2)23-11-10-19(27-25(31)21-8-4-5-9-22(21)26)15-18(23)17-29(12-13-32-3)24(30)16-20-7-6-14-33-20/h4-11,14-15H,12-13,16-17H2,1-3H3,(H,27,31). The van der Waals surface area contributed by atoms with Crippen LogP contribution >= 0.6 is 22.9 Å². The number of methoxy groups -OCH3 is 1. The number of ether oxygens (including phenoxy) is 1. The summed E-state index contributed by atoms with van der Waals surface area (Å²) in [7, 11) is 5.53. The van der Waals surface area contributed by atoms with Crippen molar-refractivity contribution in [2.45, 2.75) is 13.0 Å². The van der Waals surface area contributed by atoms with Crippen molar-refractivity contribution in [3.8, 4) is 0 Å². The maximum atomic E-state index is 13.1. The van der Waals surface area contributed by atoms with Crippen LogP contribution in [0.2, 0.25) is 5.02 Å². The van der Waals surface area contributed by atoms with Gasteiger partial charge in [-0.3, -0.25) is 9.59 Å². The van der Waals surface area contributed by atoms with Gasteiger partial charge in [-0.15, -0.1) is 11.3 Å². The third-order valence-corrected chi connectivity index (χ3v) is 6.33. The lowest BCUT2D eigenvalue weighted by Gasteiger charge is -2.26. The zero-order chi connectivity index (χ0) is 23.8. The van der Waals surface area contributed by atoms with Gasteiger partial charge in [0, 0.05) is 50.5 Å². The number of anilines is 2. The summed E-state index contributed by atoms with van der Waals surface area (Å²) in [6.45, 7) is 1.32. The number of hydrogen-bond acceptors (Lipinski definition) is 5. The molecule has 0 aliphatic heterocycles. The average Bonchev–Trinajstić information content (AvgIpc) is 3.29. The fraction of sp³-hybridized carbons (Fsp3) is 0.280. The second kappa shape index (κ2) is 11.8. The minimum absolute atomic E-state index is 0.0321. The molecule has 0 atom stereocenters. The van der Waals surface area contributed by atoms with E-state index in [1.807, 2.05) is 54.7 Å². The van der Waals surface area contributed by atoms with Gasteiger partial charge >= 0.3 is 0 Å². The van der Waals surface area contributed by atoms with Crippen LogP contribution in [0.3, 0.4) is 0 Å². The van der Waals surface area contributed by atoms with E-state index < -0.39 is 0 Å². The van der Waals surface area contributed by atoms with Crippen molar-refractivity contribution in [2.75, 3.05) is 44.6 Å². The maximum absolute atomic E-state index is 13.1. The number of hydrogen-bond donors (Lipinski definition) is 1. The summed E-state index contributed by atoms with van der Waals surface area (Å²) < 4.78 is 5.24. The minimum Gasteiger partial charge on any atom is -0.383 e. The Bertz CT molecular complexity index is 1090. The lowest BCUT2D eigenvalue weighted by Crippen LogP contribution is -2.35. The Balaban J connectivity index is 1.84. The molecule has 0 unspecified atom stereocenters. The molecule has 3 aromatic rings. The molecule has 0 aliphatic carbocycles. The number of amides is 2. The van der Waals surface area contributed by atoms with E-state index in [9.17, 15) is 9.59 Å². The number of benzene rings is 2. The molecule has 33 heavy (non-hydrogen) atoms. The molecule has 2 amide bonds. The Morgan fingerprint density at radius 1 is 1.09 bits per heavy atom. The molecule has 0 saturated carbocycles. The number of carbonyl (C=O) groups is 2. The van der Waals surface area contributed by atoms with E-state index in [1.54, 1.807) is 47.6 Å². The molecule has 1 aromatic heterocycles. The molecule has 2 aromatic carbocycles. The molecule has 0 spiro atoms. The number of rotatable bonds is 10. The van der Waals surface area contributed by atoms with Crippen molar-refractivity contribution < 1.29 is 14.3 Å². The van der Waals surface area contributed by atoms with Crippen LogP contribution in [0.15, 0.2) is 60.0 Å². The lowest BCUT2D eigenvalue weighted by atomic mass is 10.1. The second-order valence-electron chi connectivity index (χ2n) is 7.74. The molecule has 0 radical (unpaired) electrons. The van der Waals surface area contributed by atoms with Gasteiger partial charge in [-0.2, -0.15) is 0 Å². The molecule has 174 valence electrons. The third-order valence-electron chi connectivity index (χ3n) is 5.12. The topological polar surface area (TPSA) is 61.9 Å². The molecule has 0 bridgehead atoms. The number of carbonyl (C=O) groups excluding carboxylic acids is 2. The summed E-state index contributed by atoms with van der Waals surface area (Å²) in [5.74, 6) is -0.251. The van der Waals surface area contributed by atoms with Gasteiger partial charge in [-0.1, -0.05) is 29.8 Å². The predicted molar refractivity (Wildman–Crippen MR) is 135 cm³/mol. The van der Waals surface area contributed by atoms with Gasteiger partial charge < -0.3 is 19.9 Å². The van der Waals surface area contributed by atoms with Gasteiger partial charge in [0.25, 0.3) is 5.91 Å². The highest BCUT2D eigenvalue weighted by Crippen LogP contribution is 2.26. The Morgan fingerprint density at radius 2 is 1.88 bits per heavy atom. The molecule has 3 rings (SSSR count). The van der Waals surface area contributed by atoms with Gasteiger partial charge in [0.2, 0.25) is 5.91 Å². The molecule has 8 heteroatoms. The zero-order valence-corrected chi connectivity index (χ0v) is 20.6. The van der Waals surface area contributed by atoms with Crippen molar-refractivity contribution in [3.63, 3.8) is 0 Å². The summed E-state index contributed by atoms with van der Waals surface area (Å²) in [4.78, 5) is 30.6. The summed E-state index contributed by atoms with van der Waals surface area (Å²) in [6, 6.07) is 16.5. The van der Waals surface area contributed by atoms with E-state index in [0.29, 0.717) is 42.4 Å². The van der Waals surface area contributed by atoms with Crippen LogP contribution in [0.1, 0.15) is 20.8 Å². The van der Waals surface area contributed by atoms with Crippen LogP contribution in [-0.2, 0) is 22.5 Å². The first-order valence-corrected chi connectivity index (χ1v) is 11.8. The third kappa shape index (κ3) is 6.81. The molecule has 0 aliphatic rings. The van der Waals surface area contributed by atoms with Gasteiger partial charge in [0.15, 0.2) is 0 Å². The van der Waals surface area contributed by atoms with Crippen LogP contribution in [-0.4, -0.2) is 51.1 Å². The first kappa shape index (κ1) is 24.8. The van der Waals surface area contributed by atoms with Crippen molar-refractivity contribution in [1.29, 1.82) is 0 Å². The van der Waals surface area contributed by atoms with E-state index in [1.165, 1.54) is 0 Å². The van der Waals surface area contributed by atoms with Crippen molar-refractivity contribution in [3.05, 3.63) is 81.0 Å².